The molecule has 0 amide bonds. The van der Waals surface area contributed by atoms with Gasteiger partial charge in [-0.1, -0.05) is 141 Å². The summed E-state index contributed by atoms with van der Waals surface area (Å²) in [4.78, 5) is 0. The van der Waals surface area contributed by atoms with E-state index in [1.807, 2.05) is 0 Å². The molecule has 3 aliphatic rings. The Hall–Kier alpha value is -5.40. The normalized spacial score (nSPS) is 17.6. The van der Waals surface area contributed by atoms with Gasteiger partial charge in [-0.2, -0.15) is 0 Å². The fraction of sp³-hybridized carbons (Fsp3) is 0.0909. The maximum absolute atomic E-state index is 6.55. The van der Waals surface area contributed by atoms with Gasteiger partial charge in [0.2, 0.25) is 0 Å². The Morgan fingerprint density at radius 1 is 0.400 bits per heavy atom. The lowest BCUT2D eigenvalue weighted by Gasteiger charge is -2.40. The summed E-state index contributed by atoms with van der Waals surface area (Å²) >= 11 is 0. The van der Waals surface area contributed by atoms with E-state index in [0.29, 0.717) is 0 Å². The molecule has 0 N–H and O–H groups in total. The molecule has 7 aromatic carbocycles. The van der Waals surface area contributed by atoms with Crippen molar-refractivity contribution in [2.24, 2.45) is 0 Å². The van der Waals surface area contributed by atoms with Crippen molar-refractivity contribution in [1.82, 2.24) is 0 Å². The highest BCUT2D eigenvalue weighted by Crippen LogP contribution is 2.62. The smallest absolute Gasteiger partial charge is 0.132 e. The summed E-state index contributed by atoms with van der Waals surface area (Å²) in [6, 6.07) is 54.0. The van der Waals surface area contributed by atoms with E-state index in [1.54, 1.807) is 0 Å². The van der Waals surface area contributed by atoms with Crippen molar-refractivity contribution in [2.45, 2.75) is 24.7 Å². The molecule has 1 aliphatic heterocycles. The Balaban J connectivity index is 1.25. The van der Waals surface area contributed by atoms with E-state index in [2.05, 4.69) is 159 Å². The summed E-state index contributed by atoms with van der Waals surface area (Å²) in [6.07, 6.45) is 0. The summed E-state index contributed by atoms with van der Waals surface area (Å²) in [5.41, 5.74) is 15.0. The molecule has 1 unspecified atom stereocenters. The van der Waals surface area contributed by atoms with Gasteiger partial charge in [0, 0.05) is 16.5 Å². The van der Waals surface area contributed by atoms with Gasteiger partial charge in [-0.25, -0.2) is 0 Å². The molecule has 0 radical (unpaired) electrons. The van der Waals surface area contributed by atoms with Gasteiger partial charge in [0.1, 0.15) is 11.5 Å². The summed E-state index contributed by atoms with van der Waals surface area (Å²) in [6.45, 7) is 4.59. The van der Waals surface area contributed by atoms with Gasteiger partial charge < -0.3 is 4.74 Å². The van der Waals surface area contributed by atoms with Crippen molar-refractivity contribution in [3.8, 4) is 44.9 Å². The van der Waals surface area contributed by atoms with E-state index >= 15 is 0 Å². The predicted molar refractivity (Wildman–Crippen MR) is 184 cm³/mol. The largest absolute Gasteiger partial charge is 0.457 e. The van der Waals surface area contributed by atoms with Crippen LogP contribution in [0.2, 0.25) is 0 Å². The van der Waals surface area contributed by atoms with Crippen molar-refractivity contribution in [1.29, 1.82) is 0 Å². The Bertz CT molecular complexity index is 2390. The van der Waals surface area contributed by atoms with E-state index in [-0.39, 0.29) is 5.41 Å². The molecule has 1 heterocycles. The molecule has 0 saturated heterocycles. The Morgan fingerprint density at radius 2 is 0.956 bits per heavy atom. The second-order valence-electron chi connectivity index (χ2n) is 13.2. The molecule has 10 rings (SSSR count). The topological polar surface area (TPSA) is 9.23 Å². The number of ether oxygens (including phenoxy) is 1. The zero-order chi connectivity index (χ0) is 29.9. The molecule has 2 aliphatic carbocycles. The minimum Gasteiger partial charge on any atom is -0.457 e. The lowest BCUT2D eigenvalue weighted by molar-refractivity contribution is 0.418. The molecule has 0 aromatic heterocycles. The first-order chi connectivity index (χ1) is 22.1. The average Bonchev–Trinajstić information content (AvgIpc) is 3.37. The van der Waals surface area contributed by atoms with Gasteiger partial charge in [0.05, 0.1) is 5.41 Å². The molecule has 1 nitrogen and oxygen atoms in total. The SMILES string of the molecule is CC1(C)c2ccccc2Oc2cc(-c3ccc4c(c3)C3(c5ccccc5-4)c4ccccc4-c4cccc5cccc3c45)ccc21. The number of hydrogen-bond acceptors (Lipinski definition) is 1. The van der Waals surface area contributed by atoms with Crippen LogP contribution < -0.4 is 4.74 Å². The van der Waals surface area contributed by atoms with Crippen LogP contribution in [0.5, 0.6) is 11.5 Å². The molecule has 1 atom stereocenters. The van der Waals surface area contributed by atoms with Crippen molar-refractivity contribution in [3.05, 3.63) is 179 Å². The average molecular weight is 575 g/mol. The molecule has 1 spiro atoms. The Kier molecular flexibility index (Phi) is 4.78. The first-order valence-corrected chi connectivity index (χ1v) is 15.9. The molecule has 0 bridgehead atoms. The number of hydrogen-bond donors (Lipinski definition) is 0. The van der Waals surface area contributed by atoms with Crippen LogP contribution in [0.1, 0.15) is 47.2 Å². The first-order valence-electron chi connectivity index (χ1n) is 15.9. The van der Waals surface area contributed by atoms with Crippen molar-refractivity contribution < 1.29 is 4.74 Å². The van der Waals surface area contributed by atoms with Crippen LogP contribution >= 0.6 is 0 Å². The highest BCUT2D eigenvalue weighted by atomic mass is 16.5. The summed E-state index contributed by atoms with van der Waals surface area (Å²) in [5, 5.41) is 2.64. The van der Waals surface area contributed by atoms with Gasteiger partial charge in [-0.3, -0.25) is 0 Å². The van der Waals surface area contributed by atoms with Crippen LogP contribution in [0, 0.1) is 0 Å². The predicted octanol–water partition coefficient (Wildman–Crippen LogP) is 11.3. The number of para-hydroxylation sites is 1. The van der Waals surface area contributed by atoms with Crippen LogP contribution in [-0.2, 0) is 10.8 Å². The van der Waals surface area contributed by atoms with Gasteiger partial charge in [0.25, 0.3) is 0 Å². The number of fused-ring (bicyclic) bond motifs is 11. The van der Waals surface area contributed by atoms with E-state index in [1.165, 1.54) is 77.5 Å². The molecule has 0 saturated carbocycles. The zero-order valence-electron chi connectivity index (χ0n) is 25.3. The van der Waals surface area contributed by atoms with Crippen LogP contribution in [0.15, 0.2) is 146 Å². The van der Waals surface area contributed by atoms with Gasteiger partial charge in [-0.15, -0.1) is 0 Å². The van der Waals surface area contributed by atoms with Gasteiger partial charge >= 0.3 is 0 Å². The lowest BCUT2D eigenvalue weighted by atomic mass is 9.61. The van der Waals surface area contributed by atoms with Crippen molar-refractivity contribution >= 4 is 10.8 Å². The molecular formula is C44H30O. The minimum absolute atomic E-state index is 0.135. The minimum atomic E-state index is -0.419. The Labute approximate surface area is 263 Å². The van der Waals surface area contributed by atoms with E-state index in [9.17, 15) is 0 Å². The standard InChI is InChI=1S/C44H30O/c1-43(2)36-18-7-8-20-40(36)45-41-26-29(22-24-37(41)43)28-21-23-32-30-13-3-5-16-34(30)44(39(32)25-28)35-17-6-4-14-31(35)33-15-9-11-27-12-10-19-38(44)42(27)33/h3-26H,1-2H3. The summed E-state index contributed by atoms with van der Waals surface area (Å²) in [7, 11) is 0. The van der Waals surface area contributed by atoms with E-state index in [0.717, 1.165) is 11.5 Å². The van der Waals surface area contributed by atoms with Crippen LogP contribution in [0.25, 0.3) is 44.2 Å². The molecule has 212 valence electrons. The quantitative estimate of drug-likeness (QED) is 0.189. The highest BCUT2D eigenvalue weighted by molar-refractivity contribution is 6.07. The van der Waals surface area contributed by atoms with E-state index < -0.39 is 5.41 Å². The molecule has 45 heavy (non-hydrogen) atoms. The van der Waals surface area contributed by atoms with Crippen LogP contribution in [0.3, 0.4) is 0 Å². The fourth-order valence-electron chi connectivity index (χ4n) is 8.75. The second-order valence-corrected chi connectivity index (χ2v) is 13.2. The maximum Gasteiger partial charge on any atom is 0.132 e. The van der Waals surface area contributed by atoms with Crippen molar-refractivity contribution in [3.63, 3.8) is 0 Å². The number of rotatable bonds is 1. The van der Waals surface area contributed by atoms with E-state index in [4.69, 9.17) is 4.74 Å². The third-order valence-corrected chi connectivity index (χ3v) is 10.7. The summed E-state index contributed by atoms with van der Waals surface area (Å²) in [5.74, 6) is 1.89. The third-order valence-electron chi connectivity index (χ3n) is 10.7. The lowest BCUT2D eigenvalue weighted by Crippen LogP contribution is -2.31. The van der Waals surface area contributed by atoms with Crippen LogP contribution in [-0.4, -0.2) is 0 Å². The third kappa shape index (κ3) is 3.08. The molecule has 1 heteroatoms. The monoisotopic (exact) mass is 574 g/mol. The second kappa shape index (κ2) is 8.61. The fourth-order valence-corrected chi connectivity index (χ4v) is 8.75. The first kappa shape index (κ1) is 25.0. The van der Waals surface area contributed by atoms with Gasteiger partial charge in [-0.05, 0) is 84.6 Å². The highest BCUT2D eigenvalue weighted by Gasteiger charge is 2.50. The van der Waals surface area contributed by atoms with Gasteiger partial charge in [0.15, 0.2) is 0 Å². The molecule has 0 fully saturated rings. The Morgan fingerprint density at radius 3 is 1.76 bits per heavy atom. The maximum atomic E-state index is 6.55. The summed E-state index contributed by atoms with van der Waals surface area (Å²) < 4.78 is 6.55. The molecule has 7 aromatic rings. The zero-order valence-corrected chi connectivity index (χ0v) is 25.3. The van der Waals surface area contributed by atoms with Crippen molar-refractivity contribution in [2.75, 3.05) is 0 Å². The number of benzene rings is 7. The molecular weight excluding hydrogens is 544 g/mol. The van der Waals surface area contributed by atoms with Crippen LogP contribution in [0.4, 0.5) is 0 Å².